The highest BCUT2D eigenvalue weighted by molar-refractivity contribution is 7.92. The number of sulfonamides is 1. The number of rotatable bonds is 10. The number of aromatic nitrogens is 1. The molecule has 0 saturated carbocycles. The lowest BCUT2D eigenvalue weighted by molar-refractivity contribution is 0.0948. The van der Waals surface area contributed by atoms with E-state index >= 15 is 0 Å². The first-order valence-electron chi connectivity index (χ1n) is 9.67. The summed E-state index contributed by atoms with van der Waals surface area (Å²) >= 11 is 5.80. The number of halogens is 1. The molecular weight excluding hydrogens is 454 g/mol. The number of benzene rings is 2. The van der Waals surface area contributed by atoms with Crippen LogP contribution < -0.4 is 14.8 Å². The molecule has 0 bridgehead atoms. The third kappa shape index (κ3) is 6.68. The summed E-state index contributed by atoms with van der Waals surface area (Å²) in [5.41, 5.74) is 0.794. The zero-order chi connectivity index (χ0) is 23.0. The van der Waals surface area contributed by atoms with Crippen molar-refractivity contribution >= 4 is 33.2 Å². The fourth-order valence-electron chi connectivity index (χ4n) is 2.64. The van der Waals surface area contributed by atoms with Gasteiger partial charge in [0.2, 0.25) is 5.88 Å². The number of carbonyl (C=O) groups is 1. The smallest absolute Gasteiger partial charge is 0.261 e. The van der Waals surface area contributed by atoms with Gasteiger partial charge in [0.15, 0.2) is 0 Å². The van der Waals surface area contributed by atoms with Crippen LogP contribution >= 0.6 is 11.6 Å². The summed E-state index contributed by atoms with van der Waals surface area (Å²) in [5, 5.41) is 3.23. The summed E-state index contributed by atoms with van der Waals surface area (Å²) < 4.78 is 38.0. The van der Waals surface area contributed by atoms with Crippen LogP contribution in [0.15, 0.2) is 71.8 Å². The Morgan fingerprint density at radius 3 is 2.38 bits per heavy atom. The van der Waals surface area contributed by atoms with Gasteiger partial charge in [-0.25, -0.2) is 13.4 Å². The molecule has 2 aromatic carbocycles. The van der Waals surface area contributed by atoms with Gasteiger partial charge in [-0.15, -0.1) is 0 Å². The van der Waals surface area contributed by atoms with Gasteiger partial charge in [0.25, 0.3) is 15.9 Å². The molecule has 8 nitrogen and oxygen atoms in total. The van der Waals surface area contributed by atoms with E-state index in [4.69, 9.17) is 21.1 Å². The van der Waals surface area contributed by atoms with Gasteiger partial charge in [-0.1, -0.05) is 11.6 Å². The van der Waals surface area contributed by atoms with Crippen LogP contribution in [-0.2, 0) is 14.8 Å². The molecule has 0 aliphatic carbocycles. The topological polar surface area (TPSA) is 107 Å². The van der Waals surface area contributed by atoms with Crippen LogP contribution in [-0.4, -0.2) is 39.6 Å². The first-order chi connectivity index (χ1) is 15.4. The fourth-order valence-corrected chi connectivity index (χ4v) is 3.82. The number of hydrogen-bond donors (Lipinski definition) is 2. The first kappa shape index (κ1) is 23.5. The molecule has 1 aromatic heterocycles. The molecule has 168 valence electrons. The van der Waals surface area contributed by atoms with Crippen molar-refractivity contribution in [2.75, 3.05) is 25.0 Å². The number of hydrogen-bond acceptors (Lipinski definition) is 6. The number of ether oxygens (including phenoxy) is 2. The van der Waals surface area contributed by atoms with Crippen LogP contribution in [0, 0.1) is 0 Å². The molecule has 32 heavy (non-hydrogen) atoms. The van der Waals surface area contributed by atoms with Crippen molar-refractivity contribution in [3.05, 3.63) is 77.4 Å². The standard InChI is InChI=1S/C22H22ClN3O5S/c1-30-14-2-13-24-22(27)16-3-12-21(25-15-16)31-19-8-6-18(7-9-19)26-32(28,29)20-10-4-17(23)5-11-20/h3-12,15,26H,2,13-14H2,1H3,(H,24,27). The van der Waals surface area contributed by atoms with Crippen LogP contribution in [0.2, 0.25) is 5.02 Å². The van der Waals surface area contributed by atoms with E-state index in [0.717, 1.165) is 6.42 Å². The second-order valence-corrected chi connectivity index (χ2v) is 8.79. The molecule has 3 aromatic rings. The number of nitrogens with zero attached hydrogens (tertiary/aromatic N) is 1. The van der Waals surface area contributed by atoms with Crippen molar-refractivity contribution in [3.8, 4) is 11.6 Å². The van der Waals surface area contributed by atoms with Gasteiger partial charge >= 0.3 is 0 Å². The van der Waals surface area contributed by atoms with E-state index in [1.165, 1.54) is 30.5 Å². The van der Waals surface area contributed by atoms with Gasteiger partial charge in [-0.3, -0.25) is 9.52 Å². The van der Waals surface area contributed by atoms with Crippen LogP contribution in [0.25, 0.3) is 0 Å². The maximum Gasteiger partial charge on any atom is 0.261 e. The lowest BCUT2D eigenvalue weighted by Gasteiger charge is -2.10. The van der Waals surface area contributed by atoms with E-state index in [-0.39, 0.29) is 10.8 Å². The van der Waals surface area contributed by atoms with E-state index in [2.05, 4.69) is 15.0 Å². The van der Waals surface area contributed by atoms with Crippen molar-refractivity contribution in [2.24, 2.45) is 0 Å². The van der Waals surface area contributed by atoms with Crippen molar-refractivity contribution in [2.45, 2.75) is 11.3 Å². The Morgan fingerprint density at radius 1 is 1.03 bits per heavy atom. The molecule has 10 heteroatoms. The van der Waals surface area contributed by atoms with Gasteiger partial charge in [-0.2, -0.15) is 0 Å². The molecule has 0 radical (unpaired) electrons. The van der Waals surface area contributed by atoms with E-state index in [1.54, 1.807) is 43.5 Å². The molecule has 0 aliphatic rings. The van der Waals surface area contributed by atoms with Crippen molar-refractivity contribution in [1.82, 2.24) is 10.3 Å². The Hall–Kier alpha value is -3.14. The molecule has 0 saturated heterocycles. The Morgan fingerprint density at radius 2 is 1.75 bits per heavy atom. The normalized spacial score (nSPS) is 11.1. The highest BCUT2D eigenvalue weighted by atomic mass is 35.5. The SMILES string of the molecule is COCCCNC(=O)c1ccc(Oc2ccc(NS(=O)(=O)c3ccc(Cl)cc3)cc2)nc1. The number of methoxy groups -OCH3 is 1. The number of carbonyl (C=O) groups excluding carboxylic acids is 1. The molecular formula is C22H22ClN3O5S. The predicted molar refractivity (Wildman–Crippen MR) is 122 cm³/mol. The molecule has 1 amide bonds. The van der Waals surface area contributed by atoms with Crippen LogP contribution in [0.4, 0.5) is 5.69 Å². The molecule has 0 unspecified atom stereocenters. The summed E-state index contributed by atoms with van der Waals surface area (Å²) in [6.07, 6.45) is 2.15. The van der Waals surface area contributed by atoms with Crippen LogP contribution in [0.3, 0.4) is 0 Å². The molecule has 0 spiro atoms. The maximum absolute atomic E-state index is 12.4. The predicted octanol–water partition coefficient (Wildman–Crippen LogP) is 4.09. The molecule has 0 aliphatic heterocycles. The van der Waals surface area contributed by atoms with Crippen molar-refractivity contribution < 1.29 is 22.7 Å². The highest BCUT2D eigenvalue weighted by Gasteiger charge is 2.14. The second kappa shape index (κ2) is 10.9. The Kier molecular flexibility index (Phi) is 8.04. The minimum absolute atomic E-state index is 0.106. The number of anilines is 1. The average molecular weight is 476 g/mol. The summed E-state index contributed by atoms with van der Waals surface area (Å²) in [6, 6.07) is 15.4. The van der Waals surface area contributed by atoms with Crippen molar-refractivity contribution in [3.63, 3.8) is 0 Å². The minimum atomic E-state index is -3.73. The second-order valence-electron chi connectivity index (χ2n) is 6.67. The highest BCUT2D eigenvalue weighted by Crippen LogP contribution is 2.23. The minimum Gasteiger partial charge on any atom is -0.439 e. The van der Waals surface area contributed by atoms with Gasteiger partial charge in [0.05, 0.1) is 10.5 Å². The van der Waals surface area contributed by atoms with E-state index < -0.39 is 10.0 Å². The zero-order valence-electron chi connectivity index (χ0n) is 17.2. The van der Waals surface area contributed by atoms with Gasteiger partial charge in [-0.05, 0) is 61.0 Å². The monoisotopic (exact) mass is 475 g/mol. The Labute approximate surface area is 191 Å². The molecule has 1 heterocycles. The molecule has 0 atom stereocenters. The third-order valence-corrected chi connectivity index (χ3v) is 5.91. The molecule has 3 rings (SSSR count). The summed E-state index contributed by atoms with van der Waals surface area (Å²) in [6.45, 7) is 1.09. The van der Waals surface area contributed by atoms with Gasteiger partial charge in [0, 0.05) is 43.2 Å². The van der Waals surface area contributed by atoms with Crippen LogP contribution in [0.5, 0.6) is 11.6 Å². The lowest BCUT2D eigenvalue weighted by atomic mass is 10.2. The third-order valence-electron chi connectivity index (χ3n) is 4.26. The summed E-state index contributed by atoms with van der Waals surface area (Å²) in [4.78, 5) is 16.3. The van der Waals surface area contributed by atoms with E-state index in [0.29, 0.717) is 41.1 Å². The largest absolute Gasteiger partial charge is 0.439 e. The summed E-state index contributed by atoms with van der Waals surface area (Å²) in [5.74, 6) is 0.539. The Balaban J connectivity index is 1.57. The first-order valence-corrected chi connectivity index (χ1v) is 11.5. The number of pyridine rings is 1. The maximum atomic E-state index is 12.4. The molecule has 0 fully saturated rings. The van der Waals surface area contributed by atoms with Crippen molar-refractivity contribution in [1.29, 1.82) is 0 Å². The quantitative estimate of drug-likeness (QED) is 0.428. The number of nitrogens with one attached hydrogen (secondary N) is 2. The molecule has 2 N–H and O–H groups in total. The number of amides is 1. The van der Waals surface area contributed by atoms with Gasteiger partial charge < -0.3 is 14.8 Å². The lowest BCUT2D eigenvalue weighted by Crippen LogP contribution is -2.25. The van der Waals surface area contributed by atoms with Gasteiger partial charge in [0.1, 0.15) is 5.75 Å². The van der Waals surface area contributed by atoms with Crippen LogP contribution in [0.1, 0.15) is 16.8 Å². The fraction of sp³-hybridized carbons (Fsp3) is 0.182. The Bertz CT molecular complexity index is 1140. The summed E-state index contributed by atoms with van der Waals surface area (Å²) in [7, 11) is -2.12. The zero-order valence-corrected chi connectivity index (χ0v) is 18.8. The van der Waals surface area contributed by atoms with E-state index in [1.807, 2.05) is 0 Å². The van der Waals surface area contributed by atoms with E-state index in [9.17, 15) is 13.2 Å². The average Bonchev–Trinajstić information content (AvgIpc) is 2.78.